The zero-order valence-corrected chi connectivity index (χ0v) is 11.3. The Morgan fingerprint density at radius 2 is 2.24 bits per heavy atom. The van der Waals surface area contributed by atoms with Gasteiger partial charge in [0.05, 0.1) is 6.10 Å². The molecule has 0 spiro atoms. The van der Waals surface area contributed by atoms with Gasteiger partial charge in [0.2, 0.25) is 0 Å². The summed E-state index contributed by atoms with van der Waals surface area (Å²) in [6, 6.07) is 0. The Bertz CT molecular complexity index is 204. The molecule has 2 aliphatic heterocycles. The van der Waals surface area contributed by atoms with Crippen molar-refractivity contribution >= 4 is 0 Å². The second kappa shape index (κ2) is 7.34. The van der Waals surface area contributed by atoms with Crippen molar-refractivity contribution in [1.82, 2.24) is 10.2 Å². The summed E-state index contributed by atoms with van der Waals surface area (Å²) in [6.45, 7) is 9.32. The van der Waals surface area contributed by atoms with Gasteiger partial charge in [0.15, 0.2) is 0 Å². The van der Waals surface area contributed by atoms with Crippen molar-refractivity contribution in [3.63, 3.8) is 0 Å². The normalized spacial score (nSPS) is 30.9. The van der Waals surface area contributed by atoms with Gasteiger partial charge in [0.1, 0.15) is 0 Å². The Balaban J connectivity index is 1.65. The lowest BCUT2D eigenvalue weighted by Crippen LogP contribution is -2.42. The van der Waals surface area contributed by atoms with Crippen molar-refractivity contribution in [2.45, 2.75) is 45.1 Å². The summed E-state index contributed by atoms with van der Waals surface area (Å²) in [5, 5.41) is 3.56. The van der Waals surface area contributed by atoms with E-state index in [1.54, 1.807) is 0 Å². The molecule has 17 heavy (non-hydrogen) atoms. The smallest absolute Gasteiger partial charge is 0.0702 e. The molecule has 0 saturated carbocycles. The summed E-state index contributed by atoms with van der Waals surface area (Å²) in [6.07, 6.45) is 7.07. The third-order valence-electron chi connectivity index (χ3n) is 3.95. The van der Waals surface area contributed by atoms with E-state index in [9.17, 15) is 0 Å². The molecule has 0 aromatic carbocycles. The predicted octanol–water partition coefficient (Wildman–Crippen LogP) is 1.88. The maximum Gasteiger partial charge on any atom is 0.0702 e. The van der Waals surface area contributed by atoms with Gasteiger partial charge in [-0.2, -0.15) is 0 Å². The van der Waals surface area contributed by atoms with Gasteiger partial charge in [-0.15, -0.1) is 0 Å². The van der Waals surface area contributed by atoms with Crippen molar-refractivity contribution < 1.29 is 4.74 Å². The van der Waals surface area contributed by atoms with Crippen LogP contribution in [0.3, 0.4) is 0 Å². The van der Waals surface area contributed by atoms with Crippen LogP contribution in [0.1, 0.15) is 39.0 Å². The van der Waals surface area contributed by atoms with Gasteiger partial charge in [-0.05, 0) is 57.7 Å². The van der Waals surface area contributed by atoms with Crippen LogP contribution in [0.4, 0.5) is 0 Å². The number of hydrogen-bond acceptors (Lipinski definition) is 3. The number of nitrogens with zero attached hydrogens (tertiary/aromatic N) is 1. The summed E-state index contributed by atoms with van der Waals surface area (Å²) in [5.74, 6) is 0.858. The summed E-state index contributed by atoms with van der Waals surface area (Å²) < 4.78 is 5.73. The molecule has 0 amide bonds. The lowest BCUT2D eigenvalue weighted by Gasteiger charge is -2.34. The van der Waals surface area contributed by atoms with Gasteiger partial charge in [-0.25, -0.2) is 0 Å². The van der Waals surface area contributed by atoms with Crippen LogP contribution in [0.15, 0.2) is 0 Å². The third-order valence-corrected chi connectivity index (χ3v) is 3.95. The number of rotatable bonds is 6. The lowest BCUT2D eigenvalue weighted by molar-refractivity contribution is 0.0566. The highest BCUT2D eigenvalue weighted by Crippen LogP contribution is 2.19. The van der Waals surface area contributed by atoms with Gasteiger partial charge in [0, 0.05) is 19.7 Å². The molecular formula is C14H28N2O. The minimum atomic E-state index is 0.525. The molecule has 0 aromatic rings. The van der Waals surface area contributed by atoms with Gasteiger partial charge in [-0.1, -0.05) is 6.92 Å². The Morgan fingerprint density at radius 1 is 1.29 bits per heavy atom. The van der Waals surface area contributed by atoms with E-state index in [0.717, 1.165) is 12.5 Å². The van der Waals surface area contributed by atoms with Gasteiger partial charge < -0.3 is 15.0 Å². The molecule has 2 heterocycles. The van der Waals surface area contributed by atoms with Crippen molar-refractivity contribution in [1.29, 1.82) is 0 Å². The molecule has 2 fully saturated rings. The van der Waals surface area contributed by atoms with Crippen LogP contribution in [0, 0.1) is 5.92 Å². The number of hydrogen-bond donors (Lipinski definition) is 1. The molecule has 1 N–H and O–H groups in total. The van der Waals surface area contributed by atoms with Gasteiger partial charge >= 0.3 is 0 Å². The number of piperidine rings is 1. The zero-order valence-electron chi connectivity index (χ0n) is 11.3. The maximum absolute atomic E-state index is 5.73. The molecule has 2 aliphatic rings. The van der Waals surface area contributed by atoms with Crippen LogP contribution in [-0.2, 0) is 4.74 Å². The third kappa shape index (κ3) is 4.57. The highest BCUT2D eigenvalue weighted by atomic mass is 16.5. The minimum absolute atomic E-state index is 0.525. The zero-order chi connectivity index (χ0) is 11.9. The number of ether oxygens (including phenoxy) is 1. The Kier molecular flexibility index (Phi) is 5.75. The first-order valence-corrected chi connectivity index (χ1v) is 7.43. The lowest BCUT2D eigenvalue weighted by atomic mass is 9.97. The molecule has 2 saturated heterocycles. The largest absolute Gasteiger partial charge is 0.377 e. The van der Waals surface area contributed by atoms with E-state index >= 15 is 0 Å². The van der Waals surface area contributed by atoms with Crippen molar-refractivity contribution in [2.75, 3.05) is 39.3 Å². The molecule has 0 radical (unpaired) electrons. The van der Waals surface area contributed by atoms with Crippen LogP contribution >= 0.6 is 0 Å². The van der Waals surface area contributed by atoms with Crippen molar-refractivity contribution in [3.8, 4) is 0 Å². The van der Waals surface area contributed by atoms with Crippen molar-refractivity contribution in [3.05, 3.63) is 0 Å². The standard InChI is InChI=1S/C14H28N2O/c1-2-7-15-10-13-5-3-8-16(11-13)12-14-6-4-9-17-14/h13-15H,2-12H2,1H3. The molecule has 2 rings (SSSR count). The molecule has 100 valence electrons. The summed E-state index contributed by atoms with van der Waals surface area (Å²) >= 11 is 0. The first-order valence-electron chi connectivity index (χ1n) is 7.43. The van der Waals surface area contributed by atoms with E-state index in [2.05, 4.69) is 17.1 Å². The minimum Gasteiger partial charge on any atom is -0.377 e. The van der Waals surface area contributed by atoms with E-state index in [-0.39, 0.29) is 0 Å². The highest BCUT2D eigenvalue weighted by molar-refractivity contribution is 4.78. The van der Waals surface area contributed by atoms with Gasteiger partial charge in [-0.3, -0.25) is 0 Å². The quantitative estimate of drug-likeness (QED) is 0.717. The van der Waals surface area contributed by atoms with Crippen LogP contribution in [0.5, 0.6) is 0 Å². The number of nitrogens with one attached hydrogen (secondary N) is 1. The molecule has 2 unspecified atom stereocenters. The molecule has 3 heteroatoms. The van der Waals surface area contributed by atoms with E-state index < -0.39 is 0 Å². The molecule has 3 nitrogen and oxygen atoms in total. The first kappa shape index (κ1) is 13.3. The monoisotopic (exact) mass is 240 g/mol. The first-order chi connectivity index (χ1) is 8.38. The van der Waals surface area contributed by atoms with Crippen LogP contribution < -0.4 is 5.32 Å². The van der Waals surface area contributed by atoms with Crippen LogP contribution in [0.25, 0.3) is 0 Å². The molecule has 2 atom stereocenters. The number of likely N-dealkylation sites (tertiary alicyclic amines) is 1. The SMILES string of the molecule is CCCNCC1CCCN(CC2CCCO2)C1. The average Bonchev–Trinajstić information content (AvgIpc) is 2.83. The summed E-state index contributed by atoms with van der Waals surface area (Å²) in [7, 11) is 0. The Morgan fingerprint density at radius 3 is 3.00 bits per heavy atom. The second-order valence-electron chi connectivity index (χ2n) is 5.61. The van der Waals surface area contributed by atoms with E-state index in [1.807, 2.05) is 0 Å². The molecule has 0 aromatic heterocycles. The van der Waals surface area contributed by atoms with Gasteiger partial charge in [0.25, 0.3) is 0 Å². The predicted molar refractivity (Wildman–Crippen MR) is 71.3 cm³/mol. The Hall–Kier alpha value is -0.120. The fourth-order valence-electron chi connectivity index (χ4n) is 3.04. The molecule has 0 aliphatic carbocycles. The maximum atomic E-state index is 5.73. The fraction of sp³-hybridized carbons (Fsp3) is 1.00. The van der Waals surface area contributed by atoms with E-state index in [4.69, 9.17) is 4.74 Å². The average molecular weight is 240 g/mol. The van der Waals surface area contributed by atoms with E-state index in [1.165, 1.54) is 64.8 Å². The Labute approximate surface area is 106 Å². The molecular weight excluding hydrogens is 212 g/mol. The second-order valence-corrected chi connectivity index (χ2v) is 5.61. The van der Waals surface area contributed by atoms with Crippen LogP contribution in [-0.4, -0.2) is 50.3 Å². The van der Waals surface area contributed by atoms with E-state index in [0.29, 0.717) is 6.10 Å². The summed E-state index contributed by atoms with van der Waals surface area (Å²) in [4.78, 5) is 2.62. The van der Waals surface area contributed by atoms with Crippen LogP contribution in [0.2, 0.25) is 0 Å². The molecule has 0 bridgehead atoms. The summed E-state index contributed by atoms with van der Waals surface area (Å²) in [5.41, 5.74) is 0. The topological polar surface area (TPSA) is 24.5 Å². The highest BCUT2D eigenvalue weighted by Gasteiger charge is 2.24. The van der Waals surface area contributed by atoms with Crippen molar-refractivity contribution in [2.24, 2.45) is 5.92 Å². The fourth-order valence-corrected chi connectivity index (χ4v) is 3.04.